The van der Waals surface area contributed by atoms with Crippen molar-refractivity contribution in [3.8, 4) is 11.5 Å². The number of carbonyl (C=O) groups is 1. The minimum absolute atomic E-state index is 0.0609. The summed E-state index contributed by atoms with van der Waals surface area (Å²) >= 11 is 0. The van der Waals surface area contributed by atoms with Crippen molar-refractivity contribution in [3.05, 3.63) is 53.1 Å². The minimum atomic E-state index is 0.0609. The first-order valence-corrected chi connectivity index (χ1v) is 8.01. The molecule has 0 fully saturated rings. The van der Waals surface area contributed by atoms with Crippen molar-refractivity contribution in [1.82, 2.24) is 0 Å². The highest BCUT2D eigenvalue weighted by molar-refractivity contribution is 6.07. The van der Waals surface area contributed by atoms with Gasteiger partial charge < -0.3 is 14.4 Å². The van der Waals surface area contributed by atoms with Crippen LogP contribution < -0.4 is 14.4 Å². The third-order valence-corrected chi connectivity index (χ3v) is 4.59. The molecule has 0 saturated carbocycles. The Morgan fingerprint density at radius 1 is 1.13 bits per heavy atom. The van der Waals surface area contributed by atoms with E-state index >= 15 is 0 Å². The summed E-state index contributed by atoms with van der Waals surface area (Å²) in [4.78, 5) is 14.9. The van der Waals surface area contributed by atoms with Gasteiger partial charge in [0.15, 0.2) is 0 Å². The van der Waals surface area contributed by atoms with E-state index in [1.54, 1.807) is 7.11 Å². The number of methoxy groups -OCH3 is 1. The summed E-state index contributed by atoms with van der Waals surface area (Å²) in [5, 5.41) is 0. The summed E-state index contributed by atoms with van der Waals surface area (Å²) < 4.78 is 10.8. The second kappa shape index (κ2) is 5.61. The van der Waals surface area contributed by atoms with Crippen LogP contribution in [0.5, 0.6) is 11.5 Å². The van der Waals surface area contributed by atoms with Crippen LogP contribution in [0.15, 0.2) is 36.4 Å². The van der Waals surface area contributed by atoms with Crippen LogP contribution in [0.2, 0.25) is 0 Å². The summed E-state index contributed by atoms with van der Waals surface area (Å²) in [6.45, 7) is 1.46. The highest BCUT2D eigenvalue weighted by Gasteiger charge is 2.25. The summed E-state index contributed by atoms with van der Waals surface area (Å²) in [6, 6.07) is 11.7. The van der Waals surface area contributed by atoms with E-state index in [4.69, 9.17) is 9.47 Å². The van der Waals surface area contributed by atoms with Crippen LogP contribution in [0.4, 0.5) is 5.69 Å². The van der Waals surface area contributed by atoms with Gasteiger partial charge in [0.25, 0.3) is 5.91 Å². The fraction of sp³-hybridized carbons (Fsp3) is 0.316. The molecule has 2 aliphatic rings. The molecule has 0 N–H and O–H groups in total. The average Bonchev–Trinajstić information content (AvgIpc) is 3.07. The minimum Gasteiger partial charge on any atom is -0.497 e. The number of anilines is 1. The van der Waals surface area contributed by atoms with Crippen molar-refractivity contribution in [2.24, 2.45) is 0 Å². The Labute approximate surface area is 135 Å². The topological polar surface area (TPSA) is 38.8 Å². The lowest BCUT2D eigenvalue weighted by atomic mass is 10.00. The molecule has 0 unspecified atom stereocenters. The summed E-state index contributed by atoms with van der Waals surface area (Å²) in [5.74, 6) is 1.81. The molecule has 0 aromatic heterocycles. The molecule has 0 aliphatic carbocycles. The third kappa shape index (κ3) is 2.44. The number of fused-ring (bicyclic) bond motifs is 2. The molecule has 2 aromatic rings. The molecule has 0 radical (unpaired) electrons. The first-order valence-electron chi connectivity index (χ1n) is 8.01. The van der Waals surface area contributed by atoms with E-state index in [1.165, 1.54) is 5.56 Å². The van der Waals surface area contributed by atoms with E-state index in [0.717, 1.165) is 54.1 Å². The number of hydrogen-bond donors (Lipinski definition) is 0. The van der Waals surface area contributed by atoms with Crippen molar-refractivity contribution in [2.45, 2.75) is 19.3 Å². The standard InChI is InChI=1S/C19H19NO3/c1-22-16-5-6-17-13(12-16)3-2-9-20(17)19(21)15-4-7-18-14(11-15)8-10-23-18/h4-7,11-12H,2-3,8-10H2,1H3. The Morgan fingerprint density at radius 3 is 2.91 bits per heavy atom. The Bertz CT molecular complexity index is 769. The second-order valence-electron chi connectivity index (χ2n) is 5.98. The van der Waals surface area contributed by atoms with Gasteiger partial charge in [-0.2, -0.15) is 0 Å². The molecule has 0 spiro atoms. The Morgan fingerprint density at radius 2 is 2.04 bits per heavy atom. The molecule has 0 saturated heterocycles. The van der Waals surface area contributed by atoms with Crippen LogP contribution in [-0.2, 0) is 12.8 Å². The fourth-order valence-corrected chi connectivity index (χ4v) is 3.39. The monoisotopic (exact) mass is 309 g/mol. The van der Waals surface area contributed by atoms with Crippen molar-refractivity contribution >= 4 is 11.6 Å². The van der Waals surface area contributed by atoms with Gasteiger partial charge in [0.1, 0.15) is 11.5 Å². The Kier molecular flexibility index (Phi) is 3.45. The number of ether oxygens (including phenoxy) is 2. The first-order chi connectivity index (χ1) is 11.3. The van der Waals surface area contributed by atoms with Gasteiger partial charge in [-0.15, -0.1) is 0 Å². The molecule has 1 amide bonds. The molecular weight excluding hydrogens is 290 g/mol. The van der Waals surface area contributed by atoms with E-state index < -0.39 is 0 Å². The van der Waals surface area contributed by atoms with Crippen molar-refractivity contribution < 1.29 is 14.3 Å². The number of carbonyl (C=O) groups excluding carboxylic acids is 1. The van der Waals surface area contributed by atoms with Crippen molar-refractivity contribution in [3.63, 3.8) is 0 Å². The molecule has 23 heavy (non-hydrogen) atoms. The molecule has 118 valence electrons. The smallest absolute Gasteiger partial charge is 0.258 e. The number of benzene rings is 2. The number of hydrogen-bond acceptors (Lipinski definition) is 3. The number of aryl methyl sites for hydroxylation is 1. The largest absolute Gasteiger partial charge is 0.497 e. The predicted molar refractivity (Wildman–Crippen MR) is 88.6 cm³/mol. The van der Waals surface area contributed by atoms with Gasteiger partial charge in [0, 0.05) is 24.2 Å². The van der Waals surface area contributed by atoms with Gasteiger partial charge in [-0.3, -0.25) is 4.79 Å². The maximum Gasteiger partial charge on any atom is 0.258 e. The zero-order valence-corrected chi connectivity index (χ0v) is 13.2. The van der Waals surface area contributed by atoms with Crippen LogP contribution in [0.3, 0.4) is 0 Å². The molecular formula is C19H19NO3. The second-order valence-corrected chi connectivity index (χ2v) is 5.98. The maximum absolute atomic E-state index is 13.0. The summed E-state index contributed by atoms with van der Waals surface area (Å²) in [5.41, 5.74) is 4.04. The van der Waals surface area contributed by atoms with Crippen LogP contribution in [-0.4, -0.2) is 26.2 Å². The number of nitrogens with zero attached hydrogens (tertiary/aromatic N) is 1. The average molecular weight is 309 g/mol. The van der Waals surface area contributed by atoms with Crippen LogP contribution in [0.25, 0.3) is 0 Å². The molecule has 4 rings (SSSR count). The summed E-state index contributed by atoms with van der Waals surface area (Å²) in [6.07, 6.45) is 2.83. The van der Waals surface area contributed by atoms with Gasteiger partial charge in [-0.05, 0) is 60.4 Å². The number of amides is 1. The third-order valence-electron chi connectivity index (χ3n) is 4.59. The normalized spacial score (nSPS) is 15.6. The predicted octanol–water partition coefficient (Wildman–Crippen LogP) is 3.22. The zero-order chi connectivity index (χ0) is 15.8. The van der Waals surface area contributed by atoms with Crippen LogP contribution in [0, 0.1) is 0 Å². The Balaban J connectivity index is 1.67. The van der Waals surface area contributed by atoms with E-state index in [1.807, 2.05) is 41.3 Å². The van der Waals surface area contributed by atoms with E-state index in [9.17, 15) is 4.79 Å². The number of rotatable bonds is 2. The molecule has 4 heteroatoms. The van der Waals surface area contributed by atoms with E-state index in [2.05, 4.69) is 0 Å². The van der Waals surface area contributed by atoms with Crippen molar-refractivity contribution in [1.29, 1.82) is 0 Å². The molecule has 0 atom stereocenters. The zero-order valence-electron chi connectivity index (χ0n) is 13.2. The van der Waals surface area contributed by atoms with Crippen LogP contribution in [0.1, 0.15) is 27.9 Å². The van der Waals surface area contributed by atoms with Gasteiger partial charge in [-0.25, -0.2) is 0 Å². The highest BCUT2D eigenvalue weighted by Crippen LogP contribution is 2.32. The quantitative estimate of drug-likeness (QED) is 0.855. The highest BCUT2D eigenvalue weighted by atomic mass is 16.5. The lowest BCUT2D eigenvalue weighted by molar-refractivity contribution is 0.0985. The lowest BCUT2D eigenvalue weighted by Crippen LogP contribution is -2.35. The van der Waals surface area contributed by atoms with E-state index in [-0.39, 0.29) is 5.91 Å². The first kappa shape index (κ1) is 14.1. The van der Waals surface area contributed by atoms with Gasteiger partial charge in [0.05, 0.1) is 13.7 Å². The fourth-order valence-electron chi connectivity index (χ4n) is 3.39. The van der Waals surface area contributed by atoms with Gasteiger partial charge in [-0.1, -0.05) is 0 Å². The SMILES string of the molecule is COc1ccc2c(c1)CCCN2C(=O)c1ccc2c(c1)CCO2. The molecule has 2 heterocycles. The summed E-state index contributed by atoms with van der Waals surface area (Å²) in [7, 11) is 1.67. The molecule has 2 aromatic carbocycles. The molecule has 0 bridgehead atoms. The van der Waals surface area contributed by atoms with Gasteiger partial charge >= 0.3 is 0 Å². The van der Waals surface area contributed by atoms with E-state index in [0.29, 0.717) is 6.61 Å². The van der Waals surface area contributed by atoms with Gasteiger partial charge in [0.2, 0.25) is 0 Å². The van der Waals surface area contributed by atoms with Crippen LogP contribution >= 0.6 is 0 Å². The Hall–Kier alpha value is -2.49. The molecule has 4 nitrogen and oxygen atoms in total. The maximum atomic E-state index is 13.0. The lowest BCUT2D eigenvalue weighted by Gasteiger charge is -2.30. The van der Waals surface area contributed by atoms with Crippen molar-refractivity contribution in [2.75, 3.05) is 25.2 Å². The molecule has 2 aliphatic heterocycles.